The first-order chi connectivity index (χ1) is 15.8. The van der Waals surface area contributed by atoms with Gasteiger partial charge in [-0.25, -0.2) is 0 Å². The molecule has 0 aliphatic carbocycles. The van der Waals surface area contributed by atoms with E-state index in [0.29, 0.717) is 0 Å². The molecule has 0 aliphatic heterocycles. The molecule has 0 amide bonds. The summed E-state index contributed by atoms with van der Waals surface area (Å²) in [6.45, 7) is 45.8. The van der Waals surface area contributed by atoms with Crippen molar-refractivity contribution in [1.29, 1.82) is 0 Å². The maximum absolute atomic E-state index is 5.70. The van der Waals surface area contributed by atoms with E-state index in [2.05, 4.69) is 170 Å². The van der Waals surface area contributed by atoms with Crippen LogP contribution in [-0.2, 0) is 18.1 Å². The summed E-state index contributed by atoms with van der Waals surface area (Å²) in [6.07, 6.45) is 0. The summed E-state index contributed by atoms with van der Waals surface area (Å²) in [5, 5.41) is 1.81. The van der Waals surface area contributed by atoms with E-state index >= 15 is 0 Å². The third-order valence-electron chi connectivity index (χ3n) is 8.29. The van der Waals surface area contributed by atoms with Gasteiger partial charge in [0.15, 0.2) is 33.3 Å². The predicted molar refractivity (Wildman–Crippen MR) is 176 cm³/mol. The van der Waals surface area contributed by atoms with Crippen LogP contribution >= 0.6 is 0 Å². The molecule has 0 fully saturated rings. The Morgan fingerprint density at radius 3 is 0.622 bits per heavy atom. The molecule has 0 heterocycles. The van der Waals surface area contributed by atoms with Crippen LogP contribution in [0.1, 0.15) is 90.0 Å². The van der Waals surface area contributed by atoms with E-state index < -0.39 is 33.3 Å². The Balaban J connectivity index is -0.000000564. The molecule has 0 aliphatic rings. The molecule has 0 aromatic heterocycles. The van der Waals surface area contributed by atoms with Gasteiger partial charge < -0.3 is 29.4 Å². The van der Waals surface area contributed by atoms with Gasteiger partial charge in [-0.3, -0.25) is 0 Å². The molecule has 0 spiro atoms. The molecule has 0 N–H and O–H groups in total. The molecule has 37 heavy (non-hydrogen) atoms. The molecular weight excluding hydrogens is 544 g/mol. The summed E-state index contributed by atoms with van der Waals surface area (Å²) in [7, 11) is -7.33. The number of hydrogen-bond acceptors (Lipinski definition) is 4. The van der Waals surface area contributed by atoms with Crippen molar-refractivity contribution in [3.8, 4) is 0 Å². The van der Waals surface area contributed by atoms with Crippen LogP contribution in [0, 0.1) is 0 Å². The monoisotopic (exact) mass is 608 g/mol. The second-order valence-corrected chi connectivity index (χ2v) is 35.6. The van der Waals surface area contributed by atoms with Crippen LogP contribution in [0.3, 0.4) is 0 Å². The Morgan fingerprint density at radius 1 is 0.432 bits per heavy atom. The van der Waals surface area contributed by atoms with Crippen LogP contribution in [0.2, 0.25) is 77.8 Å². The van der Waals surface area contributed by atoms with Gasteiger partial charge >= 0.3 is 28.5 Å². The Kier molecular flexibility index (Phi) is 17.7. The molecule has 222 valence electrons. The van der Waals surface area contributed by atoms with Crippen molar-refractivity contribution in [1.82, 2.24) is 0 Å². The zero-order valence-corrected chi connectivity index (χ0v) is 34.0. The van der Waals surface area contributed by atoms with Gasteiger partial charge in [0.2, 0.25) is 0 Å². The molecule has 0 bridgehead atoms. The third kappa shape index (κ3) is 16.3. The van der Waals surface area contributed by atoms with E-state index in [1.165, 1.54) is 5.28 Å². The summed E-state index contributed by atoms with van der Waals surface area (Å²) in [4.78, 5) is 0. The fraction of sp³-hybridized carbons (Fsp3) is 1.00. The molecule has 0 saturated carbocycles. The van der Waals surface area contributed by atoms with Crippen LogP contribution in [0.5, 0.6) is 0 Å². The summed E-state index contributed by atoms with van der Waals surface area (Å²) in [6, 6.07) is 0. The van der Waals surface area contributed by atoms with Crippen LogP contribution in [0.4, 0.5) is 0 Å². The van der Waals surface area contributed by atoms with Gasteiger partial charge in [0.05, 0.1) is 0 Å². The Bertz CT molecular complexity index is 528. The zero-order valence-electron chi connectivity index (χ0n) is 28.8. The average Bonchev–Trinajstić information content (AvgIpc) is 2.58. The van der Waals surface area contributed by atoms with Crippen LogP contribution in [-0.4, -0.2) is 49.6 Å². The molecule has 0 atom stereocenters. The van der Waals surface area contributed by atoms with Crippen LogP contribution in [0.15, 0.2) is 0 Å². The van der Waals surface area contributed by atoms with Gasteiger partial charge in [-0.1, -0.05) is 83.1 Å². The quantitative estimate of drug-likeness (QED) is 0.203. The van der Waals surface area contributed by atoms with Gasteiger partial charge in [0.1, 0.15) is 0 Å². The summed E-state index contributed by atoms with van der Waals surface area (Å²) in [5.41, 5.74) is 7.94. The first kappa shape index (κ1) is 42.6. The van der Waals surface area contributed by atoms with Crippen molar-refractivity contribution >= 4 is 49.6 Å². The van der Waals surface area contributed by atoms with E-state index in [0.717, 1.165) is 0 Å². The molecule has 6 nitrogen and oxygen atoms in total. The normalized spacial score (nSPS) is 14.5. The van der Waals surface area contributed by atoms with Crippen molar-refractivity contribution in [3.05, 3.63) is 11.3 Å². The minimum atomic E-state index is -1.83. The van der Waals surface area contributed by atoms with Gasteiger partial charge in [-0.15, -0.1) is 0 Å². The van der Waals surface area contributed by atoms with Gasteiger partial charge in [0.25, 0.3) is 0 Å². The number of nitrogens with zero attached hydrogens (tertiary/aromatic N) is 2. The Labute approximate surface area is 245 Å². The molecule has 0 aromatic carbocycles. The number of hydrogen-bond donors (Lipinski definition) is 0. The van der Waals surface area contributed by atoms with Crippen LogP contribution in [0.25, 0.3) is 11.3 Å². The summed E-state index contributed by atoms with van der Waals surface area (Å²) < 4.78 is 22.8. The molecule has 0 rings (SSSR count). The Hall–Kier alpha value is 1.16. The van der Waals surface area contributed by atoms with E-state index in [1.807, 2.05) is 0 Å². The van der Waals surface area contributed by atoms with E-state index in [9.17, 15) is 0 Å². The van der Waals surface area contributed by atoms with Crippen molar-refractivity contribution < 1.29 is 18.1 Å². The van der Waals surface area contributed by atoms with Gasteiger partial charge in [0, 0.05) is 0 Å². The topological polar surface area (TPSA) is 65.1 Å². The van der Waals surface area contributed by atoms with E-state index in [4.69, 9.17) is 18.1 Å². The van der Waals surface area contributed by atoms with Crippen molar-refractivity contribution in [2.24, 2.45) is 0 Å². The van der Waals surface area contributed by atoms with Crippen molar-refractivity contribution in [2.45, 2.75) is 168 Å². The van der Waals surface area contributed by atoms with Gasteiger partial charge in [-0.2, -0.15) is 0 Å². The standard InChI is InChI=1S/2C12H30NO2Si2.C2H5.Al/c2*1-11(2,3)16(7,8)14-13-15-17(9,10)12(4,5)6;1-2;/h2*1-10H3;1H2,2H3;/q2*-1;;+2. The fourth-order valence-corrected chi connectivity index (χ4v) is 3.10. The van der Waals surface area contributed by atoms with Crippen molar-refractivity contribution in [3.63, 3.8) is 0 Å². The zero-order chi connectivity index (χ0) is 30.9. The van der Waals surface area contributed by atoms with Gasteiger partial charge in [-0.05, 0) is 72.5 Å². The maximum atomic E-state index is 5.70. The molecule has 0 saturated heterocycles. The second-order valence-electron chi connectivity index (χ2n) is 16.0. The molecule has 11 heteroatoms. The second kappa shape index (κ2) is 15.4. The first-order valence-corrected chi connectivity index (χ1v) is 26.1. The SMILES string of the molecule is CC(C)(C)[Si](C)(C)O[N-]O[Si](C)(C)C(C)(C)C.CC(C)(C)[Si](C)(C)O[N-]O[Si](C)(C)C(C)(C)C.C[CH2][Al+2]. The molecular formula is C26H65AlN2O4Si4. The Morgan fingerprint density at radius 2 is 0.541 bits per heavy atom. The van der Waals surface area contributed by atoms with Crippen LogP contribution < -0.4 is 0 Å². The van der Waals surface area contributed by atoms with Crippen molar-refractivity contribution in [2.75, 3.05) is 0 Å². The molecule has 0 radical (unpaired) electrons. The molecule has 0 unspecified atom stereocenters. The van der Waals surface area contributed by atoms with E-state index in [-0.39, 0.29) is 20.2 Å². The predicted octanol–water partition coefficient (Wildman–Crippen LogP) is 11.1. The first-order valence-electron chi connectivity index (χ1n) is 13.7. The third-order valence-corrected chi connectivity index (χ3v) is 24.9. The number of rotatable bonds is 8. The minimum absolute atomic E-state index is 0.160. The molecule has 0 aromatic rings. The summed E-state index contributed by atoms with van der Waals surface area (Å²) >= 11 is 2.58. The fourth-order valence-electron chi connectivity index (χ4n) is 0.958. The average molecular weight is 609 g/mol. The summed E-state index contributed by atoms with van der Waals surface area (Å²) in [5.74, 6) is 0. The van der Waals surface area contributed by atoms with E-state index in [1.54, 1.807) is 0 Å².